The van der Waals surface area contributed by atoms with Crippen LogP contribution in [0.15, 0.2) is 0 Å². The van der Waals surface area contributed by atoms with Crippen molar-refractivity contribution in [2.24, 2.45) is 5.92 Å². The summed E-state index contributed by atoms with van der Waals surface area (Å²) >= 11 is 0. The van der Waals surface area contributed by atoms with E-state index in [1.54, 1.807) is 0 Å². The maximum Gasteiger partial charge on any atom is 0.0838 e. The zero-order valence-electron chi connectivity index (χ0n) is 6.38. The molecule has 2 aliphatic rings. The lowest BCUT2D eigenvalue weighted by Crippen LogP contribution is -2.09. The zero-order valence-corrected chi connectivity index (χ0v) is 6.38. The van der Waals surface area contributed by atoms with E-state index in [1.807, 2.05) is 0 Å². The van der Waals surface area contributed by atoms with E-state index in [9.17, 15) is 0 Å². The van der Waals surface area contributed by atoms with Gasteiger partial charge in [-0.1, -0.05) is 13.3 Å². The summed E-state index contributed by atoms with van der Waals surface area (Å²) < 4.78 is 10.4. The van der Waals surface area contributed by atoms with Crippen molar-refractivity contribution in [3.63, 3.8) is 0 Å². The molecule has 2 heterocycles. The Labute approximate surface area is 61.5 Å². The first-order valence-corrected chi connectivity index (χ1v) is 4.13. The van der Waals surface area contributed by atoms with Gasteiger partial charge >= 0.3 is 0 Å². The van der Waals surface area contributed by atoms with Crippen molar-refractivity contribution in [2.45, 2.75) is 32.0 Å². The third-order valence-corrected chi connectivity index (χ3v) is 2.38. The van der Waals surface area contributed by atoms with Crippen molar-refractivity contribution in [1.29, 1.82) is 0 Å². The molecule has 0 bridgehead atoms. The molecule has 58 valence electrons. The highest BCUT2D eigenvalue weighted by Crippen LogP contribution is 2.30. The highest BCUT2D eigenvalue weighted by atomic mass is 16.6. The summed E-state index contributed by atoms with van der Waals surface area (Å²) in [5.41, 5.74) is 0. The first kappa shape index (κ1) is 6.62. The Morgan fingerprint density at radius 2 is 2.10 bits per heavy atom. The Morgan fingerprint density at radius 1 is 1.40 bits per heavy atom. The minimum Gasteiger partial charge on any atom is -0.373 e. The molecule has 10 heavy (non-hydrogen) atoms. The van der Waals surface area contributed by atoms with E-state index in [-0.39, 0.29) is 0 Å². The summed E-state index contributed by atoms with van der Waals surface area (Å²) in [6.45, 7) is 4.21. The van der Waals surface area contributed by atoms with Gasteiger partial charge in [0.25, 0.3) is 0 Å². The van der Waals surface area contributed by atoms with Gasteiger partial charge in [0.15, 0.2) is 0 Å². The molecule has 0 N–H and O–H groups in total. The van der Waals surface area contributed by atoms with E-state index in [1.165, 1.54) is 12.8 Å². The van der Waals surface area contributed by atoms with E-state index in [0.29, 0.717) is 12.2 Å². The maximum absolute atomic E-state index is 5.23. The molecule has 0 radical (unpaired) electrons. The first-order valence-electron chi connectivity index (χ1n) is 4.13. The van der Waals surface area contributed by atoms with Gasteiger partial charge in [0.05, 0.1) is 25.4 Å². The summed E-state index contributed by atoms with van der Waals surface area (Å²) in [4.78, 5) is 0. The third-order valence-electron chi connectivity index (χ3n) is 2.38. The zero-order chi connectivity index (χ0) is 6.97. The highest BCUT2D eigenvalue weighted by molar-refractivity contribution is 4.83. The molecule has 0 aliphatic carbocycles. The number of rotatable bonds is 4. The Morgan fingerprint density at radius 3 is 2.50 bits per heavy atom. The summed E-state index contributed by atoms with van der Waals surface area (Å²) in [6.07, 6.45) is 3.62. The topological polar surface area (TPSA) is 25.1 Å². The number of hydrogen-bond donors (Lipinski definition) is 0. The van der Waals surface area contributed by atoms with Crippen LogP contribution < -0.4 is 0 Å². The molecule has 2 fully saturated rings. The summed E-state index contributed by atoms with van der Waals surface area (Å²) in [5.74, 6) is 0.771. The Hall–Kier alpha value is -0.0800. The minimum atomic E-state index is 0.578. The van der Waals surface area contributed by atoms with Crippen LogP contribution in [0.5, 0.6) is 0 Å². The van der Waals surface area contributed by atoms with E-state index >= 15 is 0 Å². The lowest BCUT2D eigenvalue weighted by atomic mass is 9.97. The molecule has 2 saturated heterocycles. The quantitative estimate of drug-likeness (QED) is 0.551. The van der Waals surface area contributed by atoms with Crippen LogP contribution in [0.25, 0.3) is 0 Å². The fourth-order valence-electron chi connectivity index (χ4n) is 1.45. The fourth-order valence-corrected chi connectivity index (χ4v) is 1.45. The summed E-state index contributed by atoms with van der Waals surface area (Å²) in [6, 6.07) is 0. The van der Waals surface area contributed by atoms with Gasteiger partial charge in [-0.25, -0.2) is 0 Å². The molecule has 0 aromatic carbocycles. The molecule has 2 rings (SSSR count). The van der Waals surface area contributed by atoms with Crippen LogP contribution in [0.3, 0.4) is 0 Å². The van der Waals surface area contributed by atoms with Crippen LogP contribution in [-0.2, 0) is 9.47 Å². The maximum atomic E-state index is 5.23. The monoisotopic (exact) mass is 142 g/mol. The van der Waals surface area contributed by atoms with E-state index in [0.717, 1.165) is 19.1 Å². The Balaban J connectivity index is 1.73. The van der Waals surface area contributed by atoms with Crippen LogP contribution in [0.2, 0.25) is 0 Å². The number of epoxide rings is 2. The predicted molar refractivity (Wildman–Crippen MR) is 37.9 cm³/mol. The Bertz CT molecular complexity index is 116. The molecular weight excluding hydrogens is 128 g/mol. The average Bonchev–Trinajstić information content (AvgIpc) is 2.76. The van der Waals surface area contributed by atoms with Crippen LogP contribution in [0.4, 0.5) is 0 Å². The molecule has 0 aromatic rings. The van der Waals surface area contributed by atoms with Gasteiger partial charge in [-0.15, -0.1) is 0 Å². The molecule has 0 spiro atoms. The molecule has 2 heteroatoms. The van der Waals surface area contributed by atoms with Crippen LogP contribution in [0.1, 0.15) is 19.8 Å². The van der Waals surface area contributed by atoms with Crippen LogP contribution in [-0.4, -0.2) is 25.4 Å². The fraction of sp³-hybridized carbons (Fsp3) is 1.00. The standard InChI is InChI=1S/C8H14O2/c1-2-6(8-5-10-8)3-7-4-9-7/h6-8H,2-5H2,1H3. The van der Waals surface area contributed by atoms with Gasteiger partial charge in [0.1, 0.15) is 0 Å². The van der Waals surface area contributed by atoms with Crippen molar-refractivity contribution < 1.29 is 9.47 Å². The highest BCUT2D eigenvalue weighted by Gasteiger charge is 2.36. The molecule has 3 atom stereocenters. The predicted octanol–water partition coefficient (Wildman–Crippen LogP) is 1.20. The van der Waals surface area contributed by atoms with Gasteiger partial charge in [-0.05, 0) is 12.3 Å². The number of hydrogen-bond acceptors (Lipinski definition) is 2. The SMILES string of the molecule is CCC(CC1CO1)C1CO1. The minimum absolute atomic E-state index is 0.578. The average molecular weight is 142 g/mol. The second-order valence-corrected chi connectivity index (χ2v) is 3.23. The number of ether oxygens (including phenoxy) is 2. The van der Waals surface area contributed by atoms with Gasteiger partial charge in [-0.2, -0.15) is 0 Å². The largest absolute Gasteiger partial charge is 0.373 e. The first-order chi connectivity index (χ1) is 4.90. The molecule has 0 saturated carbocycles. The second-order valence-electron chi connectivity index (χ2n) is 3.23. The van der Waals surface area contributed by atoms with Crippen molar-refractivity contribution in [1.82, 2.24) is 0 Å². The van der Waals surface area contributed by atoms with Gasteiger partial charge in [0, 0.05) is 0 Å². The van der Waals surface area contributed by atoms with Crippen LogP contribution in [0, 0.1) is 5.92 Å². The third kappa shape index (κ3) is 1.50. The van der Waals surface area contributed by atoms with Gasteiger partial charge in [-0.3, -0.25) is 0 Å². The molecule has 0 amide bonds. The molecule has 2 aliphatic heterocycles. The summed E-state index contributed by atoms with van der Waals surface area (Å²) in [5, 5.41) is 0. The van der Waals surface area contributed by atoms with Gasteiger partial charge in [0.2, 0.25) is 0 Å². The van der Waals surface area contributed by atoms with Crippen molar-refractivity contribution >= 4 is 0 Å². The Kier molecular flexibility index (Phi) is 1.66. The van der Waals surface area contributed by atoms with E-state index < -0.39 is 0 Å². The van der Waals surface area contributed by atoms with E-state index in [4.69, 9.17) is 9.47 Å². The van der Waals surface area contributed by atoms with Crippen molar-refractivity contribution in [3.8, 4) is 0 Å². The second kappa shape index (κ2) is 2.51. The lowest BCUT2D eigenvalue weighted by Gasteiger charge is -2.08. The lowest BCUT2D eigenvalue weighted by molar-refractivity contribution is 0.279. The summed E-state index contributed by atoms with van der Waals surface area (Å²) in [7, 11) is 0. The van der Waals surface area contributed by atoms with Crippen LogP contribution >= 0.6 is 0 Å². The molecule has 2 nitrogen and oxygen atoms in total. The molecule has 0 aromatic heterocycles. The van der Waals surface area contributed by atoms with Crippen molar-refractivity contribution in [3.05, 3.63) is 0 Å². The molecule has 3 unspecified atom stereocenters. The molecular formula is C8H14O2. The van der Waals surface area contributed by atoms with E-state index in [2.05, 4.69) is 6.92 Å². The normalized spacial score (nSPS) is 39.3. The van der Waals surface area contributed by atoms with Crippen molar-refractivity contribution in [2.75, 3.05) is 13.2 Å². The van der Waals surface area contributed by atoms with Gasteiger partial charge < -0.3 is 9.47 Å². The smallest absolute Gasteiger partial charge is 0.0838 e.